The van der Waals surface area contributed by atoms with Gasteiger partial charge in [0.1, 0.15) is 11.8 Å². The van der Waals surface area contributed by atoms with Gasteiger partial charge in [0, 0.05) is 0 Å². The molecule has 0 aliphatic heterocycles. The molecule has 1 rings (SSSR count). The summed E-state index contributed by atoms with van der Waals surface area (Å²) in [4.78, 5) is 10.5. The zero-order chi connectivity index (χ0) is 11.6. The summed E-state index contributed by atoms with van der Waals surface area (Å²) in [5, 5.41) is 18.1. The van der Waals surface area contributed by atoms with Gasteiger partial charge in [0.25, 0.3) is 0 Å². The molecule has 0 bridgehead atoms. The number of hydrogen-bond donors (Lipinski definition) is 3. The van der Waals surface area contributed by atoms with Gasteiger partial charge in [-0.25, -0.2) is 0 Å². The number of benzene rings is 1. The molecule has 0 saturated carbocycles. The van der Waals surface area contributed by atoms with Crippen molar-refractivity contribution in [3.63, 3.8) is 0 Å². The van der Waals surface area contributed by atoms with E-state index in [0.717, 1.165) is 5.56 Å². The monoisotopic (exact) mass is 417 g/mol. The molecule has 0 amide bonds. The summed E-state index contributed by atoms with van der Waals surface area (Å²) in [5.74, 6) is -0.960. The van der Waals surface area contributed by atoms with Gasteiger partial charge in [-0.1, -0.05) is 0 Å². The lowest BCUT2D eigenvalue weighted by atomic mass is 10.1. The number of hydrogen-bond acceptors (Lipinski definition) is 3. The zero-order valence-corrected chi connectivity index (χ0v) is 12.9. The Labute approximate surface area is 120 Å². The highest BCUT2D eigenvalue weighted by Gasteiger charge is 2.14. The first-order chi connectivity index (χ1) is 6.91. The van der Waals surface area contributed by atoms with Crippen LogP contribution in [0.3, 0.4) is 0 Å². The van der Waals surface area contributed by atoms with Crippen molar-refractivity contribution in [2.24, 2.45) is 5.73 Å². The van der Waals surface area contributed by atoms with Gasteiger partial charge in [-0.05, 0) is 56.0 Å². The standard InChI is InChI=1S/C9H9Br2NO3.BrH/c10-5-1-4(2-6(11)8(5)13)3-7(12)9(14)15;/h1-2,7,13H,3,12H2,(H,14,15);1H. The molecule has 0 aliphatic rings. The summed E-state index contributed by atoms with van der Waals surface area (Å²) >= 11 is 6.31. The average molecular weight is 420 g/mol. The van der Waals surface area contributed by atoms with Gasteiger partial charge in [-0.15, -0.1) is 17.0 Å². The lowest BCUT2D eigenvalue weighted by molar-refractivity contribution is -0.138. The number of aliphatic carboxylic acids is 1. The minimum Gasteiger partial charge on any atom is -0.506 e. The van der Waals surface area contributed by atoms with Crippen molar-refractivity contribution in [3.8, 4) is 5.75 Å². The molecule has 1 unspecified atom stereocenters. The SMILES string of the molecule is Br.NC(Cc1cc(Br)c(O)c(Br)c1)C(=O)O. The summed E-state index contributed by atoms with van der Waals surface area (Å²) in [5.41, 5.74) is 6.13. The molecular formula is C9H10Br3NO3. The number of aromatic hydroxyl groups is 1. The minimum absolute atomic E-state index is 0. The van der Waals surface area contributed by atoms with E-state index in [1.54, 1.807) is 12.1 Å². The van der Waals surface area contributed by atoms with E-state index in [0.29, 0.717) is 8.95 Å². The zero-order valence-electron chi connectivity index (χ0n) is 7.98. The van der Waals surface area contributed by atoms with Crippen LogP contribution in [0, 0.1) is 0 Å². The fraction of sp³-hybridized carbons (Fsp3) is 0.222. The van der Waals surface area contributed by atoms with E-state index in [9.17, 15) is 9.90 Å². The topological polar surface area (TPSA) is 83.5 Å². The summed E-state index contributed by atoms with van der Waals surface area (Å²) in [6.07, 6.45) is 0.215. The number of carbonyl (C=O) groups is 1. The predicted molar refractivity (Wildman–Crippen MR) is 73.1 cm³/mol. The Morgan fingerprint density at radius 3 is 2.19 bits per heavy atom. The van der Waals surface area contributed by atoms with E-state index < -0.39 is 12.0 Å². The number of halogens is 3. The van der Waals surface area contributed by atoms with E-state index in [1.165, 1.54) is 0 Å². The van der Waals surface area contributed by atoms with Crippen molar-refractivity contribution >= 4 is 54.8 Å². The van der Waals surface area contributed by atoms with Gasteiger partial charge in [0.05, 0.1) is 8.95 Å². The molecule has 1 aromatic carbocycles. The third kappa shape index (κ3) is 4.04. The Bertz CT molecular complexity index is 375. The number of phenolic OH excluding ortho intramolecular Hbond substituents is 1. The van der Waals surface area contributed by atoms with Gasteiger partial charge in [0.2, 0.25) is 0 Å². The quantitative estimate of drug-likeness (QED) is 0.702. The van der Waals surface area contributed by atoms with Gasteiger partial charge >= 0.3 is 5.97 Å². The van der Waals surface area contributed by atoms with E-state index in [1.807, 2.05) is 0 Å². The Kier molecular flexibility index (Phi) is 6.54. The van der Waals surface area contributed by atoms with Crippen LogP contribution in [0.15, 0.2) is 21.1 Å². The molecule has 0 saturated heterocycles. The lowest BCUT2D eigenvalue weighted by Crippen LogP contribution is -2.32. The Balaban J connectivity index is 0.00000225. The van der Waals surface area contributed by atoms with Crippen LogP contribution in [0.1, 0.15) is 5.56 Å². The van der Waals surface area contributed by atoms with Crippen molar-refractivity contribution in [1.82, 2.24) is 0 Å². The largest absolute Gasteiger partial charge is 0.506 e. The molecule has 0 aliphatic carbocycles. The van der Waals surface area contributed by atoms with Crippen LogP contribution in [-0.2, 0) is 11.2 Å². The van der Waals surface area contributed by atoms with Gasteiger partial charge in [-0.3, -0.25) is 4.79 Å². The van der Waals surface area contributed by atoms with Crippen LogP contribution in [0.25, 0.3) is 0 Å². The molecule has 90 valence electrons. The molecule has 0 aromatic heterocycles. The second kappa shape index (κ2) is 6.58. The summed E-state index contributed by atoms with van der Waals surface area (Å²) in [7, 11) is 0. The highest BCUT2D eigenvalue weighted by molar-refractivity contribution is 9.11. The molecule has 7 heteroatoms. The number of carboxylic acids is 1. The molecule has 0 spiro atoms. The number of nitrogens with two attached hydrogens (primary N) is 1. The Morgan fingerprint density at radius 1 is 1.38 bits per heavy atom. The van der Waals surface area contributed by atoms with Crippen LogP contribution in [0.2, 0.25) is 0 Å². The molecule has 0 fully saturated rings. The molecule has 1 atom stereocenters. The third-order valence-corrected chi connectivity index (χ3v) is 3.06. The van der Waals surface area contributed by atoms with E-state index in [-0.39, 0.29) is 29.2 Å². The smallest absolute Gasteiger partial charge is 0.320 e. The first-order valence-corrected chi connectivity index (χ1v) is 5.65. The van der Waals surface area contributed by atoms with Gasteiger partial charge < -0.3 is 15.9 Å². The van der Waals surface area contributed by atoms with E-state index in [4.69, 9.17) is 10.8 Å². The first-order valence-electron chi connectivity index (χ1n) is 4.07. The molecule has 4 nitrogen and oxygen atoms in total. The average Bonchev–Trinajstić information content (AvgIpc) is 2.13. The van der Waals surface area contributed by atoms with Crippen LogP contribution in [0.4, 0.5) is 0 Å². The van der Waals surface area contributed by atoms with Gasteiger partial charge in [0.15, 0.2) is 0 Å². The van der Waals surface area contributed by atoms with Crippen LogP contribution >= 0.6 is 48.8 Å². The maximum Gasteiger partial charge on any atom is 0.320 e. The molecule has 16 heavy (non-hydrogen) atoms. The normalized spacial score (nSPS) is 11.7. The van der Waals surface area contributed by atoms with Crippen LogP contribution in [-0.4, -0.2) is 22.2 Å². The number of phenols is 1. The second-order valence-corrected chi connectivity index (χ2v) is 4.77. The van der Waals surface area contributed by atoms with Crippen LogP contribution < -0.4 is 5.73 Å². The molecule has 1 aromatic rings. The second-order valence-electron chi connectivity index (χ2n) is 3.06. The highest BCUT2D eigenvalue weighted by atomic mass is 79.9. The predicted octanol–water partition coefficient (Wildman–Crippen LogP) is 2.45. The molecule has 0 radical (unpaired) electrons. The first kappa shape index (κ1) is 15.9. The summed E-state index contributed by atoms with van der Waals surface area (Å²) < 4.78 is 1.01. The van der Waals surface area contributed by atoms with Crippen LogP contribution in [0.5, 0.6) is 5.75 Å². The van der Waals surface area contributed by atoms with E-state index in [2.05, 4.69) is 31.9 Å². The van der Waals surface area contributed by atoms with Crippen molar-refractivity contribution in [1.29, 1.82) is 0 Å². The highest BCUT2D eigenvalue weighted by Crippen LogP contribution is 2.33. The van der Waals surface area contributed by atoms with Gasteiger partial charge in [-0.2, -0.15) is 0 Å². The third-order valence-electron chi connectivity index (χ3n) is 1.85. The fourth-order valence-corrected chi connectivity index (χ4v) is 2.36. The van der Waals surface area contributed by atoms with Crippen molar-refractivity contribution in [2.75, 3.05) is 0 Å². The molecular weight excluding hydrogens is 410 g/mol. The number of rotatable bonds is 3. The lowest BCUT2D eigenvalue weighted by Gasteiger charge is -2.08. The van der Waals surface area contributed by atoms with Crippen molar-refractivity contribution in [2.45, 2.75) is 12.5 Å². The maximum atomic E-state index is 10.5. The molecule has 4 N–H and O–H groups in total. The van der Waals surface area contributed by atoms with Crippen molar-refractivity contribution in [3.05, 3.63) is 26.6 Å². The van der Waals surface area contributed by atoms with Crippen molar-refractivity contribution < 1.29 is 15.0 Å². The maximum absolute atomic E-state index is 10.5. The fourth-order valence-electron chi connectivity index (χ4n) is 1.08. The Morgan fingerprint density at radius 2 is 1.81 bits per heavy atom. The minimum atomic E-state index is -1.05. The van der Waals surface area contributed by atoms with E-state index >= 15 is 0 Å². The summed E-state index contributed by atoms with van der Waals surface area (Å²) in [6, 6.07) is 2.35. The summed E-state index contributed by atoms with van der Waals surface area (Å²) in [6.45, 7) is 0. The number of carboxylic acid groups (broad SMARTS) is 1. The molecule has 0 heterocycles. The Hall–Kier alpha value is -0.110.